The van der Waals surface area contributed by atoms with Crippen LogP contribution >= 0.6 is 0 Å². The van der Waals surface area contributed by atoms with Crippen LogP contribution in [-0.2, 0) is 4.79 Å². The van der Waals surface area contributed by atoms with Crippen molar-refractivity contribution in [1.29, 1.82) is 0 Å². The van der Waals surface area contributed by atoms with Crippen molar-refractivity contribution in [1.82, 2.24) is 4.90 Å². The Labute approximate surface area is 93.1 Å². The second-order valence-corrected chi connectivity index (χ2v) is 4.12. The smallest absolute Gasteiger partial charge is 0.246 e. The van der Waals surface area contributed by atoms with Gasteiger partial charge >= 0.3 is 0 Å². The van der Waals surface area contributed by atoms with E-state index in [0.717, 1.165) is 0 Å². The SMILES string of the molecule is NC(=O)C1(N2C=CC=NC2)CCC(O)C1O. The van der Waals surface area contributed by atoms with Gasteiger partial charge in [0.2, 0.25) is 5.91 Å². The normalized spacial score (nSPS) is 38.0. The van der Waals surface area contributed by atoms with Gasteiger partial charge in [0.1, 0.15) is 18.3 Å². The lowest BCUT2D eigenvalue weighted by atomic mass is 9.91. The Bertz CT molecular complexity index is 355. The van der Waals surface area contributed by atoms with Crippen LogP contribution in [0.25, 0.3) is 0 Å². The molecule has 1 aliphatic carbocycles. The molecular formula is C10H15N3O3. The lowest BCUT2D eigenvalue weighted by molar-refractivity contribution is -0.137. The van der Waals surface area contributed by atoms with Crippen LogP contribution < -0.4 is 5.73 Å². The number of rotatable bonds is 2. The molecule has 2 rings (SSSR count). The minimum atomic E-state index is -1.23. The maximum Gasteiger partial charge on any atom is 0.246 e. The Morgan fingerprint density at radius 1 is 1.56 bits per heavy atom. The molecule has 0 radical (unpaired) electrons. The van der Waals surface area contributed by atoms with Crippen molar-refractivity contribution in [2.45, 2.75) is 30.6 Å². The molecule has 1 aliphatic heterocycles. The van der Waals surface area contributed by atoms with Crippen molar-refractivity contribution in [3.63, 3.8) is 0 Å². The van der Waals surface area contributed by atoms with Crippen molar-refractivity contribution in [3.8, 4) is 0 Å². The first-order valence-corrected chi connectivity index (χ1v) is 5.18. The lowest BCUT2D eigenvalue weighted by Crippen LogP contribution is -2.62. The Kier molecular flexibility index (Phi) is 2.69. The predicted octanol–water partition coefficient (Wildman–Crippen LogP) is -1.42. The zero-order chi connectivity index (χ0) is 11.8. The van der Waals surface area contributed by atoms with Crippen molar-refractivity contribution >= 4 is 12.1 Å². The summed E-state index contributed by atoms with van der Waals surface area (Å²) in [6.45, 7) is 0.267. The fourth-order valence-corrected chi connectivity index (χ4v) is 2.36. The monoisotopic (exact) mass is 225 g/mol. The molecule has 3 unspecified atom stereocenters. The molecule has 88 valence electrons. The number of hydrogen-bond acceptors (Lipinski definition) is 5. The second kappa shape index (κ2) is 3.88. The molecular weight excluding hydrogens is 210 g/mol. The highest BCUT2D eigenvalue weighted by molar-refractivity contribution is 5.86. The van der Waals surface area contributed by atoms with E-state index >= 15 is 0 Å². The van der Waals surface area contributed by atoms with Crippen molar-refractivity contribution < 1.29 is 15.0 Å². The highest BCUT2D eigenvalue weighted by Gasteiger charge is 2.55. The van der Waals surface area contributed by atoms with E-state index < -0.39 is 23.7 Å². The molecule has 1 amide bonds. The third-order valence-corrected chi connectivity index (χ3v) is 3.31. The molecule has 3 atom stereocenters. The summed E-state index contributed by atoms with van der Waals surface area (Å²) in [7, 11) is 0. The summed E-state index contributed by atoms with van der Waals surface area (Å²) in [5, 5.41) is 19.5. The number of aliphatic imine (C=N–C) groups is 1. The van der Waals surface area contributed by atoms with E-state index in [1.807, 2.05) is 0 Å². The summed E-state index contributed by atoms with van der Waals surface area (Å²) in [5.74, 6) is -0.627. The summed E-state index contributed by atoms with van der Waals surface area (Å²) < 4.78 is 0. The number of nitrogens with zero attached hydrogens (tertiary/aromatic N) is 2. The molecule has 0 aromatic heterocycles. The summed E-state index contributed by atoms with van der Waals surface area (Å²) in [6.07, 6.45) is 3.57. The average molecular weight is 225 g/mol. The first-order chi connectivity index (χ1) is 7.59. The number of primary amides is 1. The number of nitrogens with two attached hydrogens (primary N) is 1. The lowest BCUT2D eigenvalue weighted by Gasteiger charge is -2.40. The molecule has 0 bridgehead atoms. The van der Waals surface area contributed by atoms with Gasteiger partial charge in [0.15, 0.2) is 0 Å². The van der Waals surface area contributed by atoms with Crippen LogP contribution in [0, 0.1) is 0 Å². The van der Waals surface area contributed by atoms with Crippen LogP contribution in [0.4, 0.5) is 0 Å². The van der Waals surface area contributed by atoms with E-state index in [2.05, 4.69) is 4.99 Å². The number of allylic oxidation sites excluding steroid dienone is 1. The molecule has 0 spiro atoms. The number of carbonyl (C=O) groups is 1. The predicted molar refractivity (Wildman–Crippen MR) is 57.5 cm³/mol. The van der Waals surface area contributed by atoms with E-state index in [9.17, 15) is 15.0 Å². The van der Waals surface area contributed by atoms with E-state index in [4.69, 9.17) is 5.73 Å². The van der Waals surface area contributed by atoms with Gasteiger partial charge in [-0.15, -0.1) is 0 Å². The molecule has 0 aromatic rings. The van der Waals surface area contributed by atoms with Crippen LogP contribution in [0.15, 0.2) is 17.3 Å². The van der Waals surface area contributed by atoms with Gasteiger partial charge in [-0.2, -0.15) is 0 Å². The van der Waals surface area contributed by atoms with Gasteiger partial charge in [-0.25, -0.2) is 0 Å². The first kappa shape index (κ1) is 11.1. The third kappa shape index (κ3) is 1.42. The minimum absolute atomic E-state index is 0.267. The van der Waals surface area contributed by atoms with Gasteiger partial charge in [0, 0.05) is 12.4 Å². The van der Waals surface area contributed by atoms with E-state index in [0.29, 0.717) is 12.8 Å². The Morgan fingerprint density at radius 2 is 2.31 bits per heavy atom. The Balaban J connectivity index is 2.33. The van der Waals surface area contributed by atoms with Crippen molar-refractivity contribution in [3.05, 3.63) is 12.3 Å². The van der Waals surface area contributed by atoms with Gasteiger partial charge in [-0.3, -0.25) is 9.79 Å². The number of aliphatic hydroxyl groups excluding tert-OH is 2. The molecule has 6 nitrogen and oxygen atoms in total. The standard InChI is InChI=1S/C10H15N3O3/c11-9(16)10(3-2-7(14)8(10)15)13-5-1-4-12-6-13/h1,4-5,7-8,14-15H,2-3,6H2,(H2,11,16). The van der Waals surface area contributed by atoms with E-state index in [1.165, 1.54) is 0 Å². The average Bonchev–Trinajstić information content (AvgIpc) is 2.59. The highest BCUT2D eigenvalue weighted by Crippen LogP contribution is 2.36. The zero-order valence-electron chi connectivity index (χ0n) is 8.78. The molecule has 4 N–H and O–H groups in total. The zero-order valence-corrected chi connectivity index (χ0v) is 8.78. The van der Waals surface area contributed by atoms with Crippen LogP contribution in [-0.4, -0.2) is 51.7 Å². The largest absolute Gasteiger partial charge is 0.390 e. The molecule has 0 saturated heterocycles. The topological polar surface area (TPSA) is 99.2 Å². The molecule has 16 heavy (non-hydrogen) atoms. The van der Waals surface area contributed by atoms with Gasteiger partial charge in [-0.1, -0.05) is 0 Å². The molecule has 2 aliphatic rings. The number of carbonyl (C=O) groups excluding carboxylic acids is 1. The van der Waals surface area contributed by atoms with E-state index in [-0.39, 0.29) is 6.67 Å². The van der Waals surface area contributed by atoms with Gasteiger partial charge < -0.3 is 20.8 Å². The van der Waals surface area contributed by atoms with Crippen molar-refractivity contribution in [2.24, 2.45) is 10.7 Å². The quantitative estimate of drug-likeness (QED) is 0.537. The van der Waals surface area contributed by atoms with E-state index in [1.54, 1.807) is 23.4 Å². The summed E-state index contributed by atoms with van der Waals surface area (Å²) in [5.41, 5.74) is 4.15. The molecule has 1 heterocycles. The molecule has 6 heteroatoms. The summed E-state index contributed by atoms with van der Waals surface area (Å²) in [4.78, 5) is 17.2. The van der Waals surface area contributed by atoms with Crippen LogP contribution in [0.2, 0.25) is 0 Å². The van der Waals surface area contributed by atoms with Crippen LogP contribution in [0.3, 0.4) is 0 Å². The van der Waals surface area contributed by atoms with Crippen LogP contribution in [0.1, 0.15) is 12.8 Å². The molecule has 0 aromatic carbocycles. The number of hydrogen-bond donors (Lipinski definition) is 3. The Morgan fingerprint density at radius 3 is 2.75 bits per heavy atom. The maximum atomic E-state index is 11.6. The van der Waals surface area contributed by atoms with Crippen LogP contribution in [0.5, 0.6) is 0 Å². The third-order valence-electron chi connectivity index (χ3n) is 3.31. The van der Waals surface area contributed by atoms with Crippen molar-refractivity contribution in [2.75, 3.05) is 6.67 Å². The minimum Gasteiger partial charge on any atom is -0.390 e. The highest BCUT2D eigenvalue weighted by atomic mass is 16.3. The van der Waals surface area contributed by atoms with Gasteiger partial charge in [0.05, 0.1) is 6.10 Å². The molecule has 1 saturated carbocycles. The second-order valence-electron chi connectivity index (χ2n) is 4.12. The fourth-order valence-electron chi connectivity index (χ4n) is 2.36. The summed E-state index contributed by atoms with van der Waals surface area (Å²) >= 11 is 0. The first-order valence-electron chi connectivity index (χ1n) is 5.18. The van der Waals surface area contributed by atoms with Gasteiger partial charge in [-0.05, 0) is 18.9 Å². The number of aliphatic hydroxyl groups is 2. The van der Waals surface area contributed by atoms with Gasteiger partial charge in [0.25, 0.3) is 0 Å². The summed E-state index contributed by atoms with van der Waals surface area (Å²) in [6, 6.07) is 0. The maximum absolute atomic E-state index is 11.6. The Hall–Kier alpha value is -1.40. The number of amides is 1. The molecule has 1 fully saturated rings. The fraction of sp³-hybridized carbons (Fsp3) is 0.600.